The molecule has 2 aromatic rings. The molecule has 0 radical (unpaired) electrons. The quantitative estimate of drug-likeness (QED) is 0.853. The molecular formula is C14H17ClN4O. The van der Waals surface area contributed by atoms with Crippen molar-refractivity contribution >= 4 is 17.3 Å². The maximum atomic E-state index is 12.1. The molecule has 0 saturated heterocycles. The van der Waals surface area contributed by atoms with E-state index in [1.165, 1.54) is 0 Å². The summed E-state index contributed by atoms with van der Waals surface area (Å²) in [6.07, 6.45) is 1.65. The molecule has 0 aliphatic rings. The smallest absolute Gasteiger partial charge is 0.256 e. The second kappa shape index (κ2) is 5.63. The van der Waals surface area contributed by atoms with E-state index >= 15 is 0 Å². The zero-order chi connectivity index (χ0) is 14.9. The van der Waals surface area contributed by atoms with Crippen molar-refractivity contribution in [3.63, 3.8) is 0 Å². The van der Waals surface area contributed by atoms with E-state index < -0.39 is 0 Å². The predicted octanol–water partition coefficient (Wildman–Crippen LogP) is 2.92. The van der Waals surface area contributed by atoms with Crippen LogP contribution in [0.25, 0.3) is 0 Å². The average molecular weight is 293 g/mol. The van der Waals surface area contributed by atoms with E-state index in [0.717, 1.165) is 11.3 Å². The minimum Gasteiger partial charge on any atom is -0.376 e. The molecule has 2 N–H and O–H groups in total. The Labute approximate surface area is 122 Å². The summed E-state index contributed by atoms with van der Waals surface area (Å²) in [7, 11) is 0. The maximum Gasteiger partial charge on any atom is 0.256 e. The van der Waals surface area contributed by atoms with Gasteiger partial charge < -0.3 is 10.3 Å². The first-order valence-corrected chi connectivity index (χ1v) is 6.73. The molecule has 0 aromatic carbocycles. The number of aromatic nitrogens is 3. The molecule has 1 atom stereocenters. The molecule has 0 aliphatic heterocycles. The monoisotopic (exact) mass is 292 g/mol. The molecule has 6 heteroatoms. The van der Waals surface area contributed by atoms with Crippen LogP contribution in [-0.2, 0) is 0 Å². The van der Waals surface area contributed by atoms with Crippen molar-refractivity contribution in [2.24, 2.45) is 0 Å². The normalized spacial score (nSPS) is 12.2. The fraction of sp³-hybridized carbons (Fsp3) is 0.357. The Morgan fingerprint density at radius 2 is 2.05 bits per heavy atom. The van der Waals surface area contributed by atoms with Crippen LogP contribution in [0, 0.1) is 20.8 Å². The molecule has 0 spiro atoms. The van der Waals surface area contributed by atoms with Gasteiger partial charge in [-0.3, -0.25) is 4.79 Å². The summed E-state index contributed by atoms with van der Waals surface area (Å²) >= 11 is 6.09. The molecular weight excluding hydrogens is 276 g/mol. The average Bonchev–Trinajstić information content (AvgIpc) is 2.32. The van der Waals surface area contributed by atoms with Gasteiger partial charge in [-0.1, -0.05) is 11.6 Å². The van der Waals surface area contributed by atoms with Crippen LogP contribution in [0.3, 0.4) is 0 Å². The summed E-state index contributed by atoms with van der Waals surface area (Å²) in [5.41, 5.74) is 2.90. The number of hydrogen-bond donors (Lipinski definition) is 2. The molecule has 2 heterocycles. The lowest BCUT2D eigenvalue weighted by atomic mass is 10.1. The molecule has 2 rings (SSSR count). The van der Waals surface area contributed by atoms with E-state index in [9.17, 15) is 4.79 Å². The number of rotatable bonds is 3. The predicted molar refractivity (Wildman–Crippen MR) is 80.4 cm³/mol. The van der Waals surface area contributed by atoms with Crippen LogP contribution >= 0.6 is 11.6 Å². The zero-order valence-corrected chi connectivity index (χ0v) is 12.7. The first-order chi connectivity index (χ1) is 9.40. The first kappa shape index (κ1) is 14.5. The lowest BCUT2D eigenvalue weighted by Gasteiger charge is -2.18. The lowest BCUT2D eigenvalue weighted by Crippen LogP contribution is -2.23. The van der Waals surface area contributed by atoms with Gasteiger partial charge in [-0.2, -0.15) is 0 Å². The van der Waals surface area contributed by atoms with Crippen molar-refractivity contribution in [3.8, 4) is 0 Å². The highest BCUT2D eigenvalue weighted by Gasteiger charge is 2.16. The van der Waals surface area contributed by atoms with Gasteiger partial charge in [0.1, 0.15) is 5.82 Å². The topological polar surface area (TPSA) is 70.7 Å². The van der Waals surface area contributed by atoms with E-state index in [0.29, 0.717) is 22.2 Å². The number of halogens is 1. The van der Waals surface area contributed by atoms with Gasteiger partial charge in [0.2, 0.25) is 0 Å². The van der Waals surface area contributed by atoms with E-state index in [-0.39, 0.29) is 11.6 Å². The number of anilines is 1. The second-order valence-corrected chi connectivity index (χ2v) is 5.17. The highest BCUT2D eigenvalue weighted by atomic mass is 35.5. The van der Waals surface area contributed by atoms with Crippen molar-refractivity contribution in [3.05, 3.63) is 50.4 Å². The third-order valence-corrected chi connectivity index (χ3v) is 3.46. The van der Waals surface area contributed by atoms with Crippen LogP contribution in [0.5, 0.6) is 0 Å². The van der Waals surface area contributed by atoms with Crippen molar-refractivity contribution in [2.75, 3.05) is 5.32 Å². The molecule has 0 bridgehead atoms. The van der Waals surface area contributed by atoms with E-state index in [1.807, 2.05) is 26.8 Å². The Bertz CT molecular complexity index is 676. The number of H-pyrrole nitrogens is 1. The Balaban J connectivity index is 2.39. The number of hydrogen-bond acceptors (Lipinski definition) is 4. The summed E-state index contributed by atoms with van der Waals surface area (Å²) in [6.45, 7) is 7.43. The zero-order valence-electron chi connectivity index (χ0n) is 11.9. The molecule has 0 fully saturated rings. The van der Waals surface area contributed by atoms with Gasteiger partial charge in [0.25, 0.3) is 5.56 Å². The van der Waals surface area contributed by atoms with Gasteiger partial charge in [0.15, 0.2) is 5.15 Å². The SMILES string of the molecule is Cc1nc(C)c(C(C)Nc2c(C)ccnc2Cl)c(=O)[nH]1. The van der Waals surface area contributed by atoms with Crippen LogP contribution in [0.4, 0.5) is 5.69 Å². The van der Waals surface area contributed by atoms with Crippen LogP contribution in [0.1, 0.15) is 35.6 Å². The highest BCUT2D eigenvalue weighted by molar-refractivity contribution is 6.32. The molecule has 0 amide bonds. The van der Waals surface area contributed by atoms with Crippen molar-refractivity contribution in [1.82, 2.24) is 15.0 Å². The van der Waals surface area contributed by atoms with Gasteiger partial charge in [0.05, 0.1) is 23.0 Å². The molecule has 106 valence electrons. The third-order valence-electron chi connectivity index (χ3n) is 3.17. The van der Waals surface area contributed by atoms with E-state index in [1.54, 1.807) is 13.1 Å². The third kappa shape index (κ3) is 2.82. The van der Waals surface area contributed by atoms with Crippen LogP contribution < -0.4 is 10.9 Å². The molecule has 0 saturated carbocycles. The highest BCUT2D eigenvalue weighted by Crippen LogP contribution is 2.27. The van der Waals surface area contributed by atoms with Gasteiger partial charge >= 0.3 is 0 Å². The first-order valence-electron chi connectivity index (χ1n) is 6.35. The Morgan fingerprint density at radius 3 is 2.65 bits per heavy atom. The number of nitrogens with zero attached hydrogens (tertiary/aromatic N) is 2. The fourth-order valence-corrected chi connectivity index (χ4v) is 2.49. The standard InChI is InChI=1S/C14H17ClN4O/c1-7-5-6-16-13(15)12(7)18-9(3)11-8(2)17-10(4)19-14(11)20/h5-6,9,18H,1-4H3,(H,17,19,20). The molecule has 0 aliphatic carbocycles. The Kier molecular flexibility index (Phi) is 4.09. The number of nitrogens with one attached hydrogen (secondary N) is 2. The summed E-state index contributed by atoms with van der Waals surface area (Å²) in [6, 6.07) is 1.65. The Hall–Kier alpha value is -1.88. The number of pyridine rings is 1. The van der Waals surface area contributed by atoms with Crippen LogP contribution in [0.2, 0.25) is 5.15 Å². The lowest BCUT2D eigenvalue weighted by molar-refractivity contribution is 0.812. The van der Waals surface area contributed by atoms with Crippen molar-refractivity contribution in [2.45, 2.75) is 33.7 Å². The summed E-state index contributed by atoms with van der Waals surface area (Å²) in [5, 5.41) is 3.64. The second-order valence-electron chi connectivity index (χ2n) is 4.81. The largest absolute Gasteiger partial charge is 0.376 e. The van der Waals surface area contributed by atoms with Crippen molar-refractivity contribution < 1.29 is 0 Å². The number of aromatic amines is 1. The van der Waals surface area contributed by atoms with Crippen molar-refractivity contribution in [1.29, 1.82) is 0 Å². The minimum atomic E-state index is -0.216. The molecule has 1 unspecified atom stereocenters. The molecule has 5 nitrogen and oxygen atoms in total. The van der Waals surface area contributed by atoms with Gasteiger partial charge in [-0.05, 0) is 39.3 Å². The summed E-state index contributed by atoms with van der Waals surface area (Å²) in [5.74, 6) is 0.610. The summed E-state index contributed by atoms with van der Waals surface area (Å²) in [4.78, 5) is 23.1. The van der Waals surface area contributed by atoms with Crippen LogP contribution in [-0.4, -0.2) is 15.0 Å². The maximum absolute atomic E-state index is 12.1. The van der Waals surface area contributed by atoms with Gasteiger partial charge in [-0.25, -0.2) is 9.97 Å². The molecule has 20 heavy (non-hydrogen) atoms. The van der Waals surface area contributed by atoms with E-state index in [2.05, 4.69) is 20.3 Å². The van der Waals surface area contributed by atoms with Gasteiger partial charge in [-0.15, -0.1) is 0 Å². The fourth-order valence-electron chi connectivity index (χ4n) is 2.23. The Morgan fingerprint density at radius 1 is 1.35 bits per heavy atom. The number of aryl methyl sites for hydroxylation is 3. The van der Waals surface area contributed by atoms with E-state index in [4.69, 9.17) is 11.6 Å². The summed E-state index contributed by atoms with van der Waals surface area (Å²) < 4.78 is 0. The molecule has 2 aromatic heterocycles. The van der Waals surface area contributed by atoms with Crippen LogP contribution in [0.15, 0.2) is 17.1 Å². The van der Waals surface area contributed by atoms with Gasteiger partial charge in [0, 0.05) is 6.20 Å². The minimum absolute atomic E-state index is 0.132.